The Balaban J connectivity index is 2.10. The maximum atomic E-state index is 5.98. The highest BCUT2D eigenvalue weighted by molar-refractivity contribution is 5.86. The maximum Gasteiger partial charge on any atom is 0.222 e. The summed E-state index contributed by atoms with van der Waals surface area (Å²) in [5.41, 5.74) is 12.5. The van der Waals surface area contributed by atoms with E-state index in [0.717, 1.165) is 27.8 Å². The van der Waals surface area contributed by atoms with Crippen LogP contribution in [-0.2, 0) is 0 Å². The third-order valence-electron chi connectivity index (χ3n) is 3.82. The van der Waals surface area contributed by atoms with Gasteiger partial charge in [-0.2, -0.15) is 4.98 Å². The molecule has 0 aliphatic heterocycles. The summed E-state index contributed by atoms with van der Waals surface area (Å²) in [5, 5.41) is 2.14. The van der Waals surface area contributed by atoms with Gasteiger partial charge in [-0.1, -0.05) is 19.9 Å². The van der Waals surface area contributed by atoms with Gasteiger partial charge < -0.3 is 20.9 Å². The van der Waals surface area contributed by atoms with E-state index in [0.29, 0.717) is 5.75 Å². The van der Waals surface area contributed by atoms with Crippen LogP contribution in [0.2, 0.25) is 0 Å². The smallest absolute Gasteiger partial charge is 0.222 e. The molecule has 6 heteroatoms. The highest BCUT2D eigenvalue weighted by atomic mass is 16.5. The summed E-state index contributed by atoms with van der Waals surface area (Å²) < 4.78 is 11.3. The number of benzene rings is 2. The zero-order chi connectivity index (χ0) is 17.3. The van der Waals surface area contributed by atoms with Crippen molar-refractivity contribution in [3.8, 4) is 17.2 Å². The van der Waals surface area contributed by atoms with Crippen molar-refractivity contribution in [2.45, 2.75) is 19.8 Å². The Morgan fingerprint density at radius 3 is 2.46 bits per heavy atom. The first-order chi connectivity index (χ1) is 11.5. The van der Waals surface area contributed by atoms with Crippen molar-refractivity contribution in [3.63, 3.8) is 0 Å². The van der Waals surface area contributed by atoms with Gasteiger partial charge in [0.1, 0.15) is 11.5 Å². The summed E-state index contributed by atoms with van der Waals surface area (Å²) in [6, 6.07) is 10.0. The lowest BCUT2D eigenvalue weighted by Crippen LogP contribution is -2.02. The number of nitrogens with two attached hydrogens (primary N) is 2. The number of ether oxygens (including phenoxy) is 2. The van der Waals surface area contributed by atoms with E-state index in [4.69, 9.17) is 20.9 Å². The first-order valence-electron chi connectivity index (χ1n) is 7.65. The van der Waals surface area contributed by atoms with E-state index in [1.165, 1.54) is 6.20 Å². The maximum absolute atomic E-state index is 5.98. The van der Waals surface area contributed by atoms with Crippen molar-refractivity contribution in [2.75, 3.05) is 18.6 Å². The Morgan fingerprint density at radius 1 is 1.00 bits per heavy atom. The molecule has 0 aliphatic carbocycles. The molecular formula is C18H20N4O2. The molecule has 0 bridgehead atoms. The van der Waals surface area contributed by atoms with Gasteiger partial charge in [0.2, 0.25) is 5.95 Å². The van der Waals surface area contributed by atoms with E-state index in [9.17, 15) is 0 Å². The summed E-state index contributed by atoms with van der Waals surface area (Å²) in [4.78, 5) is 7.87. The minimum absolute atomic E-state index is 0.120. The summed E-state index contributed by atoms with van der Waals surface area (Å²) in [6.45, 7) is 4.22. The number of nitrogens with zero attached hydrogens (tertiary/aromatic N) is 2. The van der Waals surface area contributed by atoms with Gasteiger partial charge in [0.05, 0.1) is 13.3 Å². The van der Waals surface area contributed by atoms with E-state index in [1.54, 1.807) is 7.11 Å². The highest BCUT2D eigenvalue weighted by Gasteiger charge is 2.13. The summed E-state index contributed by atoms with van der Waals surface area (Å²) in [5.74, 6) is 2.54. The van der Waals surface area contributed by atoms with Crippen molar-refractivity contribution in [1.82, 2.24) is 9.97 Å². The summed E-state index contributed by atoms with van der Waals surface area (Å²) >= 11 is 0. The lowest BCUT2D eigenvalue weighted by atomic mass is 9.98. The minimum atomic E-state index is 0.120. The molecule has 0 atom stereocenters. The van der Waals surface area contributed by atoms with Crippen LogP contribution in [0, 0.1) is 0 Å². The molecule has 1 aromatic heterocycles. The standard InChI is InChI=1S/C18H20N4O2/c1-10(2)14-7-12-6-13(23-3)5-4-11(12)8-15(14)24-16-9-21-18(20)22-17(16)19/h4-10H,1-3H3,(H4,19,20,21,22). The van der Waals surface area contributed by atoms with E-state index in [2.05, 4.69) is 29.9 Å². The molecule has 2 aromatic carbocycles. The minimum Gasteiger partial charge on any atom is -0.497 e. The molecule has 0 saturated heterocycles. The first kappa shape index (κ1) is 15.9. The number of hydrogen-bond donors (Lipinski definition) is 2. The number of anilines is 2. The second kappa shape index (κ2) is 6.23. The number of hydrogen-bond acceptors (Lipinski definition) is 6. The van der Waals surface area contributed by atoms with Crippen LogP contribution in [0.1, 0.15) is 25.3 Å². The first-order valence-corrected chi connectivity index (χ1v) is 7.65. The Kier molecular flexibility index (Phi) is 4.12. The molecular weight excluding hydrogens is 304 g/mol. The normalized spacial score (nSPS) is 11.0. The van der Waals surface area contributed by atoms with Crippen LogP contribution < -0.4 is 20.9 Å². The summed E-state index contributed by atoms with van der Waals surface area (Å²) in [6.07, 6.45) is 1.49. The molecule has 3 aromatic rings. The van der Waals surface area contributed by atoms with Gasteiger partial charge in [-0.3, -0.25) is 0 Å². The average Bonchev–Trinajstić information content (AvgIpc) is 2.56. The molecule has 0 saturated carbocycles. The highest BCUT2D eigenvalue weighted by Crippen LogP contribution is 2.36. The van der Waals surface area contributed by atoms with Gasteiger partial charge in [0, 0.05) is 0 Å². The van der Waals surface area contributed by atoms with Gasteiger partial charge in [0.25, 0.3) is 0 Å². The van der Waals surface area contributed by atoms with Gasteiger partial charge in [-0.05, 0) is 46.5 Å². The Morgan fingerprint density at radius 2 is 1.79 bits per heavy atom. The summed E-state index contributed by atoms with van der Waals surface area (Å²) in [7, 11) is 1.66. The molecule has 6 nitrogen and oxygen atoms in total. The quantitative estimate of drug-likeness (QED) is 0.759. The van der Waals surface area contributed by atoms with Crippen LogP contribution in [0.3, 0.4) is 0 Å². The molecule has 0 radical (unpaired) electrons. The van der Waals surface area contributed by atoms with E-state index in [1.807, 2.05) is 24.3 Å². The molecule has 0 spiro atoms. The molecule has 0 unspecified atom stereocenters. The Hall–Kier alpha value is -3.02. The molecule has 0 fully saturated rings. The lowest BCUT2D eigenvalue weighted by Gasteiger charge is -2.16. The fourth-order valence-electron chi connectivity index (χ4n) is 2.53. The van der Waals surface area contributed by atoms with Crippen molar-refractivity contribution >= 4 is 22.5 Å². The number of aromatic nitrogens is 2. The molecule has 24 heavy (non-hydrogen) atoms. The van der Waals surface area contributed by atoms with E-state index in [-0.39, 0.29) is 17.7 Å². The van der Waals surface area contributed by atoms with Crippen molar-refractivity contribution in [3.05, 3.63) is 42.1 Å². The molecule has 3 rings (SSSR count). The third kappa shape index (κ3) is 3.03. The van der Waals surface area contributed by atoms with Gasteiger partial charge >= 0.3 is 0 Å². The largest absolute Gasteiger partial charge is 0.497 e. The predicted molar refractivity (Wildman–Crippen MR) is 95.5 cm³/mol. The topological polar surface area (TPSA) is 96.3 Å². The molecule has 124 valence electrons. The van der Waals surface area contributed by atoms with Gasteiger partial charge in [-0.25, -0.2) is 4.98 Å². The second-order valence-corrected chi connectivity index (χ2v) is 5.84. The van der Waals surface area contributed by atoms with Crippen molar-refractivity contribution < 1.29 is 9.47 Å². The second-order valence-electron chi connectivity index (χ2n) is 5.84. The van der Waals surface area contributed by atoms with Crippen LogP contribution in [0.4, 0.5) is 11.8 Å². The molecule has 0 amide bonds. The van der Waals surface area contributed by atoms with Crippen LogP contribution in [0.25, 0.3) is 10.8 Å². The molecule has 4 N–H and O–H groups in total. The van der Waals surface area contributed by atoms with Crippen LogP contribution >= 0.6 is 0 Å². The van der Waals surface area contributed by atoms with Crippen LogP contribution in [-0.4, -0.2) is 17.1 Å². The number of methoxy groups -OCH3 is 1. The van der Waals surface area contributed by atoms with Crippen molar-refractivity contribution in [1.29, 1.82) is 0 Å². The molecule has 0 aliphatic rings. The number of nitrogen functional groups attached to an aromatic ring is 2. The average molecular weight is 324 g/mol. The lowest BCUT2D eigenvalue weighted by molar-refractivity contribution is 0.415. The van der Waals surface area contributed by atoms with Gasteiger partial charge in [0.15, 0.2) is 11.6 Å². The fourth-order valence-corrected chi connectivity index (χ4v) is 2.53. The zero-order valence-corrected chi connectivity index (χ0v) is 13.9. The monoisotopic (exact) mass is 324 g/mol. The SMILES string of the molecule is COc1ccc2cc(Oc3cnc(N)nc3N)c(C(C)C)cc2c1. The Labute approximate surface area is 140 Å². The number of fused-ring (bicyclic) bond motifs is 1. The van der Waals surface area contributed by atoms with E-state index < -0.39 is 0 Å². The van der Waals surface area contributed by atoms with Crippen LogP contribution in [0.15, 0.2) is 36.5 Å². The van der Waals surface area contributed by atoms with Crippen molar-refractivity contribution in [2.24, 2.45) is 0 Å². The zero-order valence-electron chi connectivity index (χ0n) is 13.9. The Bertz CT molecular complexity index is 894. The molecule has 1 heterocycles. The third-order valence-corrected chi connectivity index (χ3v) is 3.82. The van der Waals surface area contributed by atoms with E-state index >= 15 is 0 Å². The van der Waals surface area contributed by atoms with Crippen LogP contribution in [0.5, 0.6) is 17.2 Å². The van der Waals surface area contributed by atoms with Gasteiger partial charge in [-0.15, -0.1) is 0 Å². The number of rotatable bonds is 4. The predicted octanol–water partition coefficient (Wildman–Crippen LogP) is 3.72. The fraction of sp³-hybridized carbons (Fsp3) is 0.222.